The van der Waals surface area contributed by atoms with E-state index in [4.69, 9.17) is 0 Å². The van der Waals surface area contributed by atoms with Gasteiger partial charge in [0.05, 0.1) is 4.92 Å². The number of nitro groups is 1. The Bertz CT molecular complexity index is 428. The maximum Gasteiger partial charge on any atom is 0.310 e. The Balaban J connectivity index is 2.03. The molecule has 1 heterocycles. The highest BCUT2D eigenvalue weighted by Crippen LogP contribution is 2.36. The summed E-state index contributed by atoms with van der Waals surface area (Å²) in [6.45, 7) is 3.05. The van der Waals surface area contributed by atoms with E-state index in [0.29, 0.717) is 5.69 Å². The molecule has 0 atom stereocenters. The molecule has 18 heavy (non-hydrogen) atoms. The predicted molar refractivity (Wildman–Crippen MR) is 70.6 cm³/mol. The first-order chi connectivity index (χ1) is 8.61. The maximum absolute atomic E-state index is 10.9. The largest absolute Gasteiger partial charge is 0.379 e. The van der Waals surface area contributed by atoms with Crippen LogP contribution in [-0.4, -0.2) is 16.5 Å². The standard InChI is InChI=1S/C13H19N3O2/c1-13(6-3-2-4-7-13)10-15-11-5-8-14-9-12(11)16(17)18/h5,8-9H,2-4,6-7,10H2,1H3,(H,14,15). The van der Waals surface area contributed by atoms with Crippen LogP contribution in [-0.2, 0) is 0 Å². The molecule has 5 nitrogen and oxygen atoms in total. The van der Waals surface area contributed by atoms with Gasteiger partial charge in [-0.05, 0) is 24.3 Å². The zero-order chi connectivity index (χ0) is 13.0. The van der Waals surface area contributed by atoms with E-state index in [9.17, 15) is 10.1 Å². The molecule has 1 saturated carbocycles. The van der Waals surface area contributed by atoms with Crippen molar-refractivity contribution in [3.63, 3.8) is 0 Å². The lowest BCUT2D eigenvalue weighted by molar-refractivity contribution is -0.384. The van der Waals surface area contributed by atoms with Crippen molar-refractivity contribution in [3.05, 3.63) is 28.6 Å². The van der Waals surface area contributed by atoms with Crippen LogP contribution < -0.4 is 5.32 Å². The summed E-state index contributed by atoms with van der Waals surface area (Å²) in [6.07, 6.45) is 9.10. The summed E-state index contributed by atoms with van der Waals surface area (Å²) in [4.78, 5) is 14.3. The third kappa shape index (κ3) is 2.97. The number of aromatic nitrogens is 1. The number of hydrogen-bond acceptors (Lipinski definition) is 4. The second kappa shape index (κ2) is 5.33. The number of nitrogens with one attached hydrogen (secondary N) is 1. The van der Waals surface area contributed by atoms with E-state index >= 15 is 0 Å². The summed E-state index contributed by atoms with van der Waals surface area (Å²) >= 11 is 0. The predicted octanol–water partition coefficient (Wildman–Crippen LogP) is 3.37. The van der Waals surface area contributed by atoms with E-state index in [-0.39, 0.29) is 11.1 Å². The molecule has 0 amide bonds. The first-order valence-corrected chi connectivity index (χ1v) is 6.43. The summed E-state index contributed by atoms with van der Waals surface area (Å²) in [5, 5.41) is 14.1. The molecule has 1 aromatic rings. The number of hydrogen-bond donors (Lipinski definition) is 1. The highest BCUT2D eigenvalue weighted by molar-refractivity contribution is 5.59. The van der Waals surface area contributed by atoms with Gasteiger partial charge >= 0.3 is 5.69 Å². The van der Waals surface area contributed by atoms with E-state index in [1.54, 1.807) is 12.3 Å². The Labute approximate surface area is 107 Å². The number of rotatable bonds is 4. The second-order valence-corrected chi connectivity index (χ2v) is 5.37. The van der Waals surface area contributed by atoms with Gasteiger partial charge in [-0.15, -0.1) is 0 Å². The van der Waals surface area contributed by atoms with E-state index in [1.807, 2.05) is 0 Å². The SMILES string of the molecule is CC1(CNc2ccncc2[N+](=O)[O-])CCCCC1. The lowest BCUT2D eigenvalue weighted by atomic mass is 9.76. The summed E-state index contributed by atoms with van der Waals surface area (Å²) in [6, 6.07) is 1.67. The molecule has 5 heteroatoms. The number of anilines is 1. The fourth-order valence-corrected chi connectivity index (χ4v) is 2.57. The smallest absolute Gasteiger partial charge is 0.310 e. The van der Waals surface area contributed by atoms with Crippen LogP contribution in [0.4, 0.5) is 11.4 Å². The highest BCUT2D eigenvalue weighted by Gasteiger charge is 2.27. The quantitative estimate of drug-likeness (QED) is 0.656. The van der Waals surface area contributed by atoms with Crippen molar-refractivity contribution in [2.75, 3.05) is 11.9 Å². The summed E-state index contributed by atoms with van der Waals surface area (Å²) in [7, 11) is 0. The van der Waals surface area contributed by atoms with Gasteiger partial charge < -0.3 is 5.32 Å². The Kier molecular flexibility index (Phi) is 3.79. The summed E-state index contributed by atoms with van der Waals surface area (Å²) < 4.78 is 0. The van der Waals surface area contributed by atoms with Crippen molar-refractivity contribution in [3.8, 4) is 0 Å². The molecule has 0 spiro atoms. The van der Waals surface area contributed by atoms with E-state index in [1.165, 1.54) is 38.3 Å². The molecule has 0 unspecified atom stereocenters. The van der Waals surface area contributed by atoms with Crippen LogP contribution in [0.15, 0.2) is 18.5 Å². The molecular formula is C13H19N3O2. The molecule has 2 rings (SSSR count). The Morgan fingerprint density at radius 1 is 1.44 bits per heavy atom. The lowest BCUT2D eigenvalue weighted by Gasteiger charge is -2.33. The van der Waals surface area contributed by atoms with Crippen LogP contribution in [0.5, 0.6) is 0 Å². The van der Waals surface area contributed by atoms with Crippen molar-refractivity contribution >= 4 is 11.4 Å². The molecule has 0 aliphatic heterocycles. The van der Waals surface area contributed by atoms with Crippen LogP contribution >= 0.6 is 0 Å². The van der Waals surface area contributed by atoms with Crippen molar-refractivity contribution in [2.45, 2.75) is 39.0 Å². The van der Waals surface area contributed by atoms with E-state index in [0.717, 1.165) is 6.54 Å². The first-order valence-electron chi connectivity index (χ1n) is 6.43. The molecule has 0 bridgehead atoms. The molecule has 1 aliphatic carbocycles. The fraction of sp³-hybridized carbons (Fsp3) is 0.615. The minimum Gasteiger partial charge on any atom is -0.379 e. The average molecular weight is 249 g/mol. The van der Waals surface area contributed by atoms with Crippen molar-refractivity contribution in [2.24, 2.45) is 5.41 Å². The van der Waals surface area contributed by atoms with Gasteiger partial charge in [0.15, 0.2) is 0 Å². The Morgan fingerprint density at radius 2 is 2.17 bits per heavy atom. The molecule has 98 valence electrons. The molecule has 1 fully saturated rings. The molecule has 1 N–H and O–H groups in total. The fourth-order valence-electron chi connectivity index (χ4n) is 2.57. The zero-order valence-electron chi connectivity index (χ0n) is 10.7. The maximum atomic E-state index is 10.9. The van der Waals surface area contributed by atoms with Crippen LogP contribution in [0.1, 0.15) is 39.0 Å². The van der Waals surface area contributed by atoms with Gasteiger partial charge in [-0.2, -0.15) is 0 Å². The number of nitrogens with zero attached hydrogens (tertiary/aromatic N) is 2. The molecule has 1 aliphatic rings. The first kappa shape index (κ1) is 12.8. The van der Waals surface area contributed by atoms with Crippen LogP contribution in [0.2, 0.25) is 0 Å². The third-order valence-corrected chi connectivity index (χ3v) is 3.76. The van der Waals surface area contributed by atoms with Gasteiger partial charge in [-0.25, -0.2) is 0 Å². The van der Waals surface area contributed by atoms with Gasteiger partial charge in [-0.3, -0.25) is 15.1 Å². The second-order valence-electron chi connectivity index (χ2n) is 5.37. The van der Waals surface area contributed by atoms with Gasteiger partial charge in [0, 0.05) is 12.7 Å². The Morgan fingerprint density at radius 3 is 2.83 bits per heavy atom. The van der Waals surface area contributed by atoms with Gasteiger partial charge in [0.1, 0.15) is 11.9 Å². The normalized spacial score (nSPS) is 18.3. The Hall–Kier alpha value is -1.65. The molecule has 0 radical (unpaired) electrons. The monoisotopic (exact) mass is 249 g/mol. The topological polar surface area (TPSA) is 68.1 Å². The summed E-state index contributed by atoms with van der Waals surface area (Å²) in [5.41, 5.74) is 0.883. The molecule has 0 aromatic carbocycles. The zero-order valence-corrected chi connectivity index (χ0v) is 10.7. The summed E-state index contributed by atoms with van der Waals surface area (Å²) in [5.74, 6) is 0. The highest BCUT2D eigenvalue weighted by atomic mass is 16.6. The lowest BCUT2D eigenvalue weighted by Crippen LogP contribution is -2.29. The van der Waals surface area contributed by atoms with Crippen molar-refractivity contribution < 1.29 is 4.92 Å². The van der Waals surface area contributed by atoms with Gasteiger partial charge in [-0.1, -0.05) is 26.2 Å². The molecular weight excluding hydrogens is 230 g/mol. The van der Waals surface area contributed by atoms with Crippen LogP contribution in [0.25, 0.3) is 0 Å². The van der Waals surface area contributed by atoms with Gasteiger partial charge in [0.25, 0.3) is 0 Å². The average Bonchev–Trinajstić information content (AvgIpc) is 2.38. The van der Waals surface area contributed by atoms with Crippen LogP contribution in [0.3, 0.4) is 0 Å². The van der Waals surface area contributed by atoms with Crippen molar-refractivity contribution in [1.82, 2.24) is 4.98 Å². The van der Waals surface area contributed by atoms with Gasteiger partial charge in [0.2, 0.25) is 0 Å². The third-order valence-electron chi connectivity index (χ3n) is 3.76. The van der Waals surface area contributed by atoms with Crippen molar-refractivity contribution in [1.29, 1.82) is 0 Å². The number of pyridine rings is 1. The molecule has 0 saturated heterocycles. The van der Waals surface area contributed by atoms with Crippen LogP contribution in [0, 0.1) is 15.5 Å². The van der Waals surface area contributed by atoms with E-state index < -0.39 is 4.92 Å². The minimum absolute atomic E-state index is 0.0527. The molecule has 1 aromatic heterocycles. The minimum atomic E-state index is -0.390. The van der Waals surface area contributed by atoms with E-state index in [2.05, 4.69) is 17.2 Å².